The lowest BCUT2D eigenvalue weighted by Crippen LogP contribution is -2.07. The molecule has 1 aromatic carbocycles. The summed E-state index contributed by atoms with van der Waals surface area (Å²) in [6, 6.07) is 8.17. The zero-order valence-electron chi connectivity index (χ0n) is 13.5. The number of aromatic nitrogens is 3. The van der Waals surface area contributed by atoms with Crippen LogP contribution in [-0.2, 0) is 19.4 Å². The van der Waals surface area contributed by atoms with Crippen LogP contribution in [0, 0.1) is 5.82 Å². The van der Waals surface area contributed by atoms with E-state index in [9.17, 15) is 9.50 Å². The van der Waals surface area contributed by atoms with Gasteiger partial charge in [0.15, 0.2) is 17.4 Å². The first kappa shape index (κ1) is 15.5. The van der Waals surface area contributed by atoms with Crippen molar-refractivity contribution in [3.63, 3.8) is 0 Å². The summed E-state index contributed by atoms with van der Waals surface area (Å²) in [6.45, 7) is 0.424. The van der Waals surface area contributed by atoms with Gasteiger partial charge in [0.05, 0.1) is 0 Å². The summed E-state index contributed by atoms with van der Waals surface area (Å²) < 4.78 is 13.5. The summed E-state index contributed by atoms with van der Waals surface area (Å²) >= 11 is 0. The average molecular weight is 336 g/mol. The number of nitrogens with one attached hydrogen (secondary N) is 1. The van der Waals surface area contributed by atoms with Gasteiger partial charge < -0.3 is 10.4 Å². The Bertz CT molecular complexity index is 915. The van der Waals surface area contributed by atoms with Crippen molar-refractivity contribution < 1.29 is 9.50 Å². The summed E-state index contributed by atoms with van der Waals surface area (Å²) in [5.41, 5.74) is 3.81. The summed E-state index contributed by atoms with van der Waals surface area (Å²) in [5.74, 6) is 0.469. The van der Waals surface area contributed by atoms with Gasteiger partial charge >= 0.3 is 0 Å². The number of phenolic OH excluding ortho intramolecular Hbond substituents is 1. The minimum atomic E-state index is -0.622. The number of aryl methyl sites for hydroxylation is 1. The third-order valence-electron chi connectivity index (χ3n) is 4.32. The molecule has 0 aliphatic heterocycles. The Balaban J connectivity index is 1.64. The standard InChI is InChI=1S/C19H17FN4O/c20-15-9-12(6-7-17(15)25)10-22-19-14-4-1-5-16(14)23-18(24-19)13-3-2-8-21-11-13/h2-3,6-9,11,25H,1,4-5,10H2,(H,22,23,24). The van der Waals surface area contributed by atoms with Crippen LogP contribution in [0.25, 0.3) is 11.4 Å². The van der Waals surface area contributed by atoms with Crippen molar-refractivity contribution in [3.8, 4) is 17.1 Å². The van der Waals surface area contributed by atoms with Gasteiger partial charge in [0.25, 0.3) is 0 Å². The minimum absolute atomic E-state index is 0.342. The molecule has 126 valence electrons. The predicted octanol–water partition coefficient (Wildman–Crippen LogP) is 3.48. The zero-order valence-corrected chi connectivity index (χ0v) is 13.5. The molecule has 0 saturated heterocycles. The summed E-state index contributed by atoms with van der Waals surface area (Å²) in [4.78, 5) is 13.5. The fourth-order valence-electron chi connectivity index (χ4n) is 3.05. The van der Waals surface area contributed by atoms with Gasteiger partial charge in [-0.15, -0.1) is 0 Å². The van der Waals surface area contributed by atoms with E-state index in [-0.39, 0.29) is 5.75 Å². The van der Waals surface area contributed by atoms with Gasteiger partial charge in [-0.1, -0.05) is 6.07 Å². The molecular weight excluding hydrogens is 319 g/mol. The number of pyridine rings is 1. The van der Waals surface area contributed by atoms with Crippen LogP contribution in [0.2, 0.25) is 0 Å². The van der Waals surface area contributed by atoms with Crippen molar-refractivity contribution in [2.24, 2.45) is 0 Å². The second-order valence-electron chi connectivity index (χ2n) is 6.06. The number of nitrogens with zero attached hydrogens (tertiary/aromatic N) is 3. The Morgan fingerprint density at radius 1 is 1.16 bits per heavy atom. The average Bonchev–Trinajstić information content (AvgIpc) is 3.12. The summed E-state index contributed by atoms with van der Waals surface area (Å²) in [6.07, 6.45) is 6.40. The molecule has 1 aliphatic carbocycles. The highest BCUT2D eigenvalue weighted by molar-refractivity contribution is 5.60. The Labute approximate surface area is 144 Å². The highest BCUT2D eigenvalue weighted by Crippen LogP contribution is 2.29. The smallest absolute Gasteiger partial charge is 0.165 e. The van der Waals surface area contributed by atoms with Crippen LogP contribution in [0.1, 0.15) is 23.2 Å². The number of phenols is 1. The molecule has 0 fully saturated rings. The largest absolute Gasteiger partial charge is 0.505 e. The summed E-state index contributed by atoms with van der Waals surface area (Å²) in [7, 11) is 0. The first-order valence-electron chi connectivity index (χ1n) is 8.22. The number of halogens is 1. The number of aromatic hydroxyl groups is 1. The van der Waals surface area contributed by atoms with Gasteiger partial charge in [0, 0.05) is 35.8 Å². The fourth-order valence-corrected chi connectivity index (χ4v) is 3.05. The molecule has 4 rings (SSSR count). The highest BCUT2D eigenvalue weighted by Gasteiger charge is 2.20. The molecule has 6 heteroatoms. The zero-order chi connectivity index (χ0) is 17.2. The minimum Gasteiger partial charge on any atom is -0.505 e. The van der Waals surface area contributed by atoms with Crippen molar-refractivity contribution in [2.75, 3.05) is 5.32 Å². The molecule has 0 amide bonds. The molecule has 0 atom stereocenters. The lowest BCUT2D eigenvalue weighted by Gasteiger charge is -2.12. The maximum absolute atomic E-state index is 13.5. The predicted molar refractivity (Wildman–Crippen MR) is 92.7 cm³/mol. The topological polar surface area (TPSA) is 70.9 Å². The van der Waals surface area contributed by atoms with Crippen molar-refractivity contribution in [1.82, 2.24) is 15.0 Å². The van der Waals surface area contributed by atoms with E-state index in [0.29, 0.717) is 12.4 Å². The van der Waals surface area contributed by atoms with Crippen LogP contribution in [0.3, 0.4) is 0 Å². The number of hydrogen-bond acceptors (Lipinski definition) is 5. The van der Waals surface area contributed by atoms with E-state index in [4.69, 9.17) is 0 Å². The van der Waals surface area contributed by atoms with E-state index in [1.165, 1.54) is 12.1 Å². The third-order valence-corrected chi connectivity index (χ3v) is 4.32. The Kier molecular flexibility index (Phi) is 4.01. The Hall–Kier alpha value is -3.02. The molecule has 1 aliphatic rings. The van der Waals surface area contributed by atoms with Crippen LogP contribution in [-0.4, -0.2) is 20.1 Å². The lowest BCUT2D eigenvalue weighted by molar-refractivity contribution is 0.432. The molecule has 0 saturated carbocycles. The third kappa shape index (κ3) is 3.15. The SMILES string of the molecule is Oc1ccc(CNc2nc(-c3cccnc3)nc3c2CCC3)cc1F. The molecule has 0 bridgehead atoms. The molecule has 25 heavy (non-hydrogen) atoms. The Morgan fingerprint density at radius 3 is 2.88 bits per heavy atom. The van der Waals surface area contributed by atoms with E-state index in [1.54, 1.807) is 18.5 Å². The normalized spacial score (nSPS) is 12.8. The van der Waals surface area contributed by atoms with Gasteiger partial charge in [-0.25, -0.2) is 14.4 Å². The Morgan fingerprint density at radius 2 is 2.08 bits per heavy atom. The molecule has 5 nitrogen and oxygen atoms in total. The molecule has 2 aromatic heterocycles. The molecule has 0 unspecified atom stereocenters. The second-order valence-corrected chi connectivity index (χ2v) is 6.06. The molecule has 0 spiro atoms. The molecule has 3 aromatic rings. The van der Waals surface area contributed by atoms with E-state index in [0.717, 1.165) is 47.5 Å². The highest BCUT2D eigenvalue weighted by atomic mass is 19.1. The van der Waals surface area contributed by atoms with Gasteiger partial charge in [-0.2, -0.15) is 0 Å². The van der Waals surface area contributed by atoms with Crippen molar-refractivity contribution in [1.29, 1.82) is 0 Å². The van der Waals surface area contributed by atoms with Crippen molar-refractivity contribution >= 4 is 5.82 Å². The van der Waals surface area contributed by atoms with E-state index >= 15 is 0 Å². The van der Waals surface area contributed by atoms with Crippen molar-refractivity contribution in [3.05, 3.63) is 65.4 Å². The van der Waals surface area contributed by atoms with Crippen LogP contribution >= 0.6 is 0 Å². The maximum atomic E-state index is 13.5. The monoisotopic (exact) mass is 336 g/mol. The molecule has 2 heterocycles. The van der Waals surface area contributed by atoms with Crippen LogP contribution < -0.4 is 5.32 Å². The second kappa shape index (κ2) is 6.47. The van der Waals surface area contributed by atoms with E-state index < -0.39 is 5.82 Å². The van der Waals surface area contributed by atoms with Crippen molar-refractivity contribution in [2.45, 2.75) is 25.8 Å². The number of benzene rings is 1. The molecule has 2 N–H and O–H groups in total. The maximum Gasteiger partial charge on any atom is 0.165 e. The van der Waals surface area contributed by atoms with Crippen LogP contribution in [0.15, 0.2) is 42.7 Å². The van der Waals surface area contributed by atoms with E-state index in [1.807, 2.05) is 12.1 Å². The van der Waals surface area contributed by atoms with Gasteiger partial charge in [0.1, 0.15) is 5.82 Å². The lowest BCUT2D eigenvalue weighted by atomic mass is 10.2. The number of fused-ring (bicyclic) bond motifs is 1. The van der Waals surface area contributed by atoms with Crippen LogP contribution in [0.5, 0.6) is 5.75 Å². The summed E-state index contributed by atoms with van der Waals surface area (Å²) in [5, 5.41) is 12.6. The first-order chi connectivity index (χ1) is 12.2. The number of rotatable bonds is 4. The molecular formula is C19H17FN4O. The van der Waals surface area contributed by atoms with Gasteiger partial charge in [-0.05, 0) is 49.1 Å². The fraction of sp³-hybridized carbons (Fsp3) is 0.211. The number of hydrogen-bond donors (Lipinski definition) is 2. The quantitative estimate of drug-likeness (QED) is 0.763. The first-order valence-corrected chi connectivity index (χ1v) is 8.22. The van der Waals surface area contributed by atoms with Crippen LogP contribution in [0.4, 0.5) is 10.2 Å². The van der Waals surface area contributed by atoms with Gasteiger partial charge in [-0.3, -0.25) is 4.98 Å². The van der Waals surface area contributed by atoms with E-state index in [2.05, 4.69) is 20.3 Å². The van der Waals surface area contributed by atoms with Gasteiger partial charge in [0.2, 0.25) is 0 Å². The number of anilines is 1. The molecule has 0 radical (unpaired) electrons.